The van der Waals surface area contributed by atoms with Crippen LogP contribution in [0.15, 0.2) is 0 Å². The third kappa shape index (κ3) is 11.8. The van der Waals surface area contributed by atoms with Crippen molar-refractivity contribution in [3.63, 3.8) is 0 Å². The van der Waals surface area contributed by atoms with Gasteiger partial charge in [-0.15, -0.1) is 0 Å². The first kappa shape index (κ1) is 13.6. The van der Waals surface area contributed by atoms with Gasteiger partial charge in [-0.1, -0.05) is 6.92 Å². The number of methoxy groups -OCH3 is 1. The van der Waals surface area contributed by atoms with Gasteiger partial charge in [0.25, 0.3) is 0 Å². The van der Waals surface area contributed by atoms with Gasteiger partial charge in [0.2, 0.25) is 0 Å². The Hall–Kier alpha value is 1.05. The minimum Gasteiger partial charge on any atom is -0.469 e. The normalized spacial score (nSPS) is 7.40. The Morgan fingerprint density at radius 1 is 1.70 bits per heavy atom. The molecule has 0 bridgehead atoms. The van der Waals surface area contributed by atoms with E-state index in [0.29, 0.717) is 0 Å². The second-order valence-corrected chi connectivity index (χ2v) is 15.6. The second-order valence-electron chi connectivity index (χ2n) is 1.53. The molecule has 0 saturated carbocycles. The molecule has 0 heterocycles. The molecule has 0 amide bonds. The molecule has 5 heteroatoms. The number of carbonyl (C=O) groups excluding carboxylic acids is 1. The fourth-order valence-corrected chi connectivity index (χ4v) is 0.201. The van der Waals surface area contributed by atoms with Gasteiger partial charge in [0, 0.05) is 0 Å². The van der Waals surface area contributed by atoms with Gasteiger partial charge in [0.1, 0.15) is 0 Å². The molecule has 0 unspecified atom stereocenters. The number of rotatable bonds is 1. The molecule has 1 radical (unpaired) electrons. The first-order chi connectivity index (χ1) is 4.59. The third-order valence-corrected chi connectivity index (χ3v) is 0.604. The van der Waals surface area contributed by atoms with Crippen molar-refractivity contribution in [2.45, 2.75) is 6.92 Å². The van der Waals surface area contributed by atoms with Crippen LogP contribution in [0.5, 0.6) is 0 Å². The Bertz CT molecular complexity index is 87.7. The molecule has 2 nitrogen and oxygen atoms in total. The molecule has 57 valence electrons. The van der Waals surface area contributed by atoms with Gasteiger partial charge in [0.05, 0.1) is 13.0 Å². The summed E-state index contributed by atoms with van der Waals surface area (Å²) in [4.78, 5) is 10.2. The van der Waals surface area contributed by atoms with Crippen LogP contribution in [0.25, 0.3) is 0 Å². The predicted molar refractivity (Wildman–Crippen MR) is 44.4 cm³/mol. The maximum atomic E-state index is 10.2. The number of carbonyl (C=O) groups is 1. The largest absolute Gasteiger partial charge is 0.469 e. The minimum absolute atomic E-state index is 0.245. The first-order valence-corrected chi connectivity index (χ1v) is 16.5. The molecular formula is C5H9Br2O2Zn. The summed E-state index contributed by atoms with van der Waals surface area (Å²) in [6.07, 6.45) is 0. The molecule has 0 aliphatic carbocycles. The number of esters is 1. The molecule has 0 saturated heterocycles. The van der Waals surface area contributed by atoms with E-state index in [4.69, 9.17) is 0 Å². The van der Waals surface area contributed by atoms with Gasteiger partial charge < -0.3 is 4.74 Å². The van der Waals surface area contributed by atoms with Crippen LogP contribution in [-0.2, 0) is 22.7 Å². The van der Waals surface area contributed by atoms with Crippen molar-refractivity contribution in [1.29, 1.82) is 0 Å². The Balaban J connectivity index is 0. The zero-order valence-corrected chi connectivity index (χ0v) is 12.2. The second kappa shape index (κ2) is 10.1. The average Bonchev–Trinajstić information content (AvgIpc) is 1.88. The number of halogens is 2. The van der Waals surface area contributed by atoms with Crippen molar-refractivity contribution in [2.75, 3.05) is 7.11 Å². The van der Waals surface area contributed by atoms with Crippen molar-refractivity contribution in [3.8, 4) is 0 Å². The van der Waals surface area contributed by atoms with Gasteiger partial charge in [-0.3, -0.25) is 4.79 Å². The Morgan fingerprint density at radius 2 is 2.00 bits per heavy atom. The molecule has 1 atom stereocenters. The number of hydrogen-bond acceptors (Lipinski definition) is 2. The van der Waals surface area contributed by atoms with Crippen molar-refractivity contribution in [1.82, 2.24) is 0 Å². The molecule has 0 rings (SSSR count). The number of ether oxygens (including phenoxy) is 1. The van der Waals surface area contributed by atoms with Gasteiger partial charge in [-0.05, 0) is 6.92 Å². The molecule has 0 fully saturated rings. The summed E-state index contributed by atoms with van der Waals surface area (Å²) >= 11 is 6.25. The maximum absolute atomic E-state index is 10.2. The van der Waals surface area contributed by atoms with E-state index < -0.39 is 0 Å². The summed E-state index contributed by atoms with van der Waals surface area (Å²) in [5, 5.41) is 0. The summed E-state index contributed by atoms with van der Waals surface area (Å²) in [6.45, 7) is 5.12. The van der Waals surface area contributed by atoms with E-state index in [1.165, 1.54) is 7.11 Å². The Kier molecular flexibility index (Phi) is 13.7. The van der Waals surface area contributed by atoms with E-state index in [9.17, 15) is 4.79 Å². The van der Waals surface area contributed by atoms with E-state index in [-0.39, 0.29) is 25.1 Å². The van der Waals surface area contributed by atoms with Crippen LogP contribution >= 0.6 is 27.2 Å². The van der Waals surface area contributed by atoms with E-state index >= 15 is 0 Å². The molecule has 0 aromatic rings. The summed E-state index contributed by atoms with van der Waals surface area (Å²) < 4.78 is 4.31. The summed E-state index contributed by atoms with van der Waals surface area (Å²) in [5.74, 6) is -0.509. The smallest absolute Gasteiger partial charge is 0.308 e. The zero-order valence-electron chi connectivity index (χ0n) is 6.06. The fourth-order valence-electron chi connectivity index (χ4n) is 0.201. The summed E-state index contributed by atoms with van der Waals surface area (Å²) in [7, 11) is 1.35. The van der Waals surface area contributed by atoms with E-state index in [1.807, 2.05) is 0 Å². The topological polar surface area (TPSA) is 26.3 Å². The number of hydrogen-bond donors (Lipinski definition) is 0. The van der Waals surface area contributed by atoms with Gasteiger partial charge in [-0.2, -0.15) is 0 Å². The maximum Gasteiger partial charge on any atom is 0.308 e. The van der Waals surface area contributed by atoms with Crippen molar-refractivity contribution < 1.29 is 22.7 Å². The summed E-state index contributed by atoms with van der Waals surface area (Å²) in [6, 6.07) is 0. The fraction of sp³-hybridized carbons (Fsp3) is 0.600. The van der Waals surface area contributed by atoms with Crippen molar-refractivity contribution >= 4 is 33.2 Å². The van der Waals surface area contributed by atoms with Crippen LogP contribution in [0.1, 0.15) is 6.92 Å². The molecular weight excluding hydrogens is 317 g/mol. The SMILES string of the molecule is [Br][Zn][Br].[CH2][C@@H](C)C(=O)OC. The monoisotopic (exact) mass is 323 g/mol. The molecule has 0 aliphatic rings. The molecule has 0 N–H and O–H groups in total. The van der Waals surface area contributed by atoms with Crippen LogP contribution in [0.2, 0.25) is 0 Å². The zero-order chi connectivity index (χ0) is 8.57. The average molecular weight is 326 g/mol. The van der Waals surface area contributed by atoms with Crippen LogP contribution in [-0.4, -0.2) is 13.1 Å². The van der Waals surface area contributed by atoms with Gasteiger partial charge >= 0.3 is 46.4 Å². The summed E-state index contributed by atoms with van der Waals surface area (Å²) in [5.41, 5.74) is 0. The minimum atomic E-state index is -0.264. The standard InChI is InChI=1S/C5H9O2.2BrH.Zn/c1-4(2)5(6)7-3;;;/h4H,1H2,2-3H3;2*1H;/q;;;+2/p-2/t4-;;;/m0.../s1. The Morgan fingerprint density at radius 3 is 2.00 bits per heavy atom. The van der Waals surface area contributed by atoms with E-state index in [0.717, 1.165) is 0 Å². The predicted octanol–water partition coefficient (Wildman–Crippen LogP) is 2.32. The van der Waals surface area contributed by atoms with Crippen molar-refractivity contribution in [3.05, 3.63) is 6.92 Å². The van der Waals surface area contributed by atoms with Crippen LogP contribution in [0.3, 0.4) is 0 Å². The van der Waals surface area contributed by atoms with Gasteiger partial charge in [-0.25, -0.2) is 0 Å². The van der Waals surface area contributed by atoms with Crippen molar-refractivity contribution in [2.24, 2.45) is 5.92 Å². The van der Waals surface area contributed by atoms with E-state index in [2.05, 4.69) is 38.9 Å². The van der Waals surface area contributed by atoms with Crippen LogP contribution in [0.4, 0.5) is 0 Å². The van der Waals surface area contributed by atoms with Crippen LogP contribution in [0, 0.1) is 12.8 Å². The quantitative estimate of drug-likeness (QED) is 0.546. The Labute approximate surface area is 82.4 Å². The van der Waals surface area contributed by atoms with E-state index in [1.54, 1.807) is 6.92 Å². The molecule has 10 heavy (non-hydrogen) atoms. The molecule has 0 spiro atoms. The molecule has 0 aromatic heterocycles. The molecule has 0 aromatic carbocycles. The van der Waals surface area contributed by atoms with Gasteiger partial charge in [0.15, 0.2) is 0 Å². The first-order valence-electron chi connectivity index (χ1n) is 2.63. The molecule has 0 aliphatic heterocycles. The third-order valence-electron chi connectivity index (χ3n) is 0.604. The van der Waals surface area contributed by atoms with Crippen LogP contribution < -0.4 is 0 Å².